The number of carbonyl (C=O) groups excluding carboxylic acids is 2. The average Bonchev–Trinajstić information content (AvgIpc) is 3.01. The van der Waals surface area contributed by atoms with E-state index in [1.54, 1.807) is 12.1 Å². The van der Waals surface area contributed by atoms with Crippen LogP contribution in [-0.4, -0.2) is 48.6 Å². The summed E-state index contributed by atoms with van der Waals surface area (Å²) < 4.78 is 29.0. The van der Waals surface area contributed by atoms with Crippen LogP contribution in [0.5, 0.6) is 5.75 Å². The molecule has 2 unspecified atom stereocenters. The molecule has 8 heteroatoms. The van der Waals surface area contributed by atoms with Gasteiger partial charge in [0.15, 0.2) is 9.84 Å². The molecule has 3 rings (SSSR count). The normalized spacial score (nSPS) is 23.0. The van der Waals surface area contributed by atoms with Crippen LogP contribution in [0, 0.1) is 0 Å². The molecule has 2 aliphatic heterocycles. The SMILES string of the molecule is CCC(C)c1ccccc1OC(=O)C1=NN(C2CCS(=O)(=O)C2)C(=O)CC1. The molecule has 2 atom stereocenters. The summed E-state index contributed by atoms with van der Waals surface area (Å²) in [6.07, 6.45) is 1.57. The van der Waals surface area contributed by atoms with Crippen LogP contribution >= 0.6 is 0 Å². The van der Waals surface area contributed by atoms with Gasteiger partial charge in [0.2, 0.25) is 5.91 Å². The van der Waals surface area contributed by atoms with Crippen molar-refractivity contribution in [1.29, 1.82) is 0 Å². The van der Waals surface area contributed by atoms with Crippen molar-refractivity contribution < 1.29 is 22.7 Å². The minimum Gasteiger partial charge on any atom is -0.422 e. The summed E-state index contributed by atoms with van der Waals surface area (Å²) in [5.41, 5.74) is 1.09. The van der Waals surface area contributed by atoms with Gasteiger partial charge in [-0.2, -0.15) is 5.10 Å². The lowest BCUT2D eigenvalue weighted by atomic mass is 9.98. The average molecular weight is 392 g/mol. The Morgan fingerprint density at radius 2 is 2.07 bits per heavy atom. The maximum atomic E-state index is 12.6. The van der Waals surface area contributed by atoms with Crippen molar-refractivity contribution in [3.63, 3.8) is 0 Å². The monoisotopic (exact) mass is 392 g/mol. The van der Waals surface area contributed by atoms with Gasteiger partial charge in [0.25, 0.3) is 0 Å². The zero-order valence-electron chi connectivity index (χ0n) is 15.6. The molecule has 7 nitrogen and oxygen atoms in total. The Bertz CT molecular complexity index is 878. The highest BCUT2D eigenvalue weighted by molar-refractivity contribution is 7.91. The Morgan fingerprint density at radius 1 is 1.33 bits per heavy atom. The number of carbonyl (C=O) groups is 2. The second-order valence-corrected chi connectivity index (χ2v) is 9.31. The fourth-order valence-electron chi connectivity index (χ4n) is 3.33. The molecule has 1 amide bonds. The summed E-state index contributed by atoms with van der Waals surface area (Å²) in [5.74, 6) is -0.186. The summed E-state index contributed by atoms with van der Waals surface area (Å²) in [4.78, 5) is 24.8. The fraction of sp³-hybridized carbons (Fsp3) is 0.526. The van der Waals surface area contributed by atoms with Gasteiger partial charge in [-0.3, -0.25) is 4.79 Å². The predicted molar refractivity (Wildman–Crippen MR) is 101 cm³/mol. The van der Waals surface area contributed by atoms with E-state index in [0.717, 1.165) is 12.0 Å². The lowest BCUT2D eigenvalue weighted by Crippen LogP contribution is -2.42. The highest BCUT2D eigenvalue weighted by Crippen LogP contribution is 2.29. The van der Waals surface area contributed by atoms with Gasteiger partial charge in [-0.15, -0.1) is 0 Å². The van der Waals surface area contributed by atoms with Crippen LogP contribution in [0.4, 0.5) is 0 Å². The van der Waals surface area contributed by atoms with Gasteiger partial charge in [-0.25, -0.2) is 18.2 Å². The van der Waals surface area contributed by atoms with E-state index in [1.807, 2.05) is 12.1 Å². The fourth-order valence-corrected chi connectivity index (χ4v) is 5.02. The topological polar surface area (TPSA) is 93.1 Å². The van der Waals surface area contributed by atoms with E-state index in [4.69, 9.17) is 4.74 Å². The lowest BCUT2D eigenvalue weighted by Gasteiger charge is -2.27. The number of rotatable bonds is 5. The van der Waals surface area contributed by atoms with Gasteiger partial charge >= 0.3 is 5.97 Å². The van der Waals surface area contributed by atoms with Crippen LogP contribution < -0.4 is 4.74 Å². The summed E-state index contributed by atoms with van der Waals surface area (Å²) in [7, 11) is -3.15. The Kier molecular flexibility index (Phi) is 5.64. The van der Waals surface area contributed by atoms with E-state index in [0.29, 0.717) is 12.2 Å². The van der Waals surface area contributed by atoms with E-state index in [9.17, 15) is 18.0 Å². The van der Waals surface area contributed by atoms with Crippen molar-refractivity contribution >= 4 is 27.4 Å². The summed E-state index contributed by atoms with van der Waals surface area (Å²) in [6.45, 7) is 4.12. The van der Waals surface area contributed by atoms with Gasteiger partial charge in [-0.05, 0) is 30.4 Å². The number of amides is 1. The standard InChI is InChI=1S/C19H24N2O5S/c1-3-13(2)15-6-4-5-7-17(15)26-19(23)16-8-9-18(22)21(20-16)14-10-11-27(24,25)12-14/h4-7,13-14H,3,8-12H2,1-2H3. The highest BCUT2D eigenvalue weighted by atomic mass is 32.2. The van der Waals surface area contributed by atoms with Crippen LogP contribution in [0.2, 0.25) is 0 Å². The van der Waals surface area contributed by atoms with Crippen LogP contribution in [-0.2, 0) is 19.4 Å². The largest absolute Gasteiger partial charge is 0.422 e. The minimum atomic E-state index is -3.15. The van der Waals surface area contributed by atoms with Crippen LogP contribution in [0.3, 0.4) is 0 Å². The van der Waals surface area contributed by atoms with Crippen molar-refractivity contribution in [3.8, 4) is 5.75 Å². The van der Waals surface area contributed by atoms with Crippen LogP contribution in [0.25, 0.3) is 0 Å². The zero-order chi connectivity index (χ0) is 19.6. The highest BCUT2D eigenvalue weighted by Gasteiger charge is 2.37. The van der Waals surface area contributed by atoms with Gasteiger partial charge in [-0.1, -0.05) is 32.0 Å². The maximum absolute atomic E-state index is 12.6. The van der Waals surface area contributed by atoms with E-state index in [2.05, 4.69) is 18.9 Å². The van der Waals surface area contributed by atoms with E-state index >= 15 is 0 Å². The van der Waals surface area contributed by atoms with Crippen LogP contribution in [0.15, 0.2) is 29.4 Å². The first-order valence-electron chi connectivity index (χ1n) is 9.21. The minimum absolute atomic E-state index is 0.0407. The van der Waals surface area contributed by atoms with Gasteiger partial charge in [0.1, 0.15) is 11.5 Å². The molecule has 2 heterocycles. The Hall–Kier alpha value is -2.22. The molecule has 0 spiro atoms. The number of benzene rings is 1. The molecule has 0 radical (unpaired) electrons. The molecule has 1 aromatic rings. The van der Waals surface area contributed by atoms with Gasteiger partial charge < -0.3 is 4.74 Å². The van der Waals surface area contributed by atoms with Crippen molar-refractivity contribution in [3.05, 3.63) is 29.8 Å². The van der Waals surface area contributed by atoms with Crippen molar-refractivity contribution in [1.82, 2.24) is 5.01 Å². The smallest absolute Gasteiger partial charge is 0.359 e. The third-order valence-corrected chi connectivity index (χ3v) is 6.86. The number of hydrogen-bond acceptors (Lipinski definition) is 6. The Labute approximate surface area is 159 Å². The van der Waals surface area contributed by atoms with E-state index < -0.39 is 21.8 Å². The quantitative estimate of drug-likeness (QED) is 0.566. The number of sulfone groups is 1. The number of para-hydroxylation sites is 1. The van der Waals surface area contributed by atoms with Gasteiger partial charge in [0.05, 0.1) is 17.5 Å². The maximum Gasteiger partial charge on any atom is 0.359 e. The number of hydrazone groups is 1. The first-order valence-corrected chi connectivity index (χ1v) is 11.0. The second-order valence-electron chi connectivity index (χ2n) is 7.08. The Morgan fingerprint density at radius 3 is 2.74 bits per heavy atom. The third-order valence-electron chi connectivity index (χ3n) is 5.11. The molecule has 0 N–H and O–H groups in total. The molecule has 2 aliphatic rings. The molecular formula is C19H24N2O5S. The number of hydrogen-bond donors (Lipinski definition) is 0. The van der Waals surface area contributed by atoms with E-state index in [1.165, 1.54) is 5.01 Å². The van der Waals surface area contributed by atoms with Crippen molar-refractivity contribution in [2.45, 2.75) is 51.5 Å². The molecule has 0 bridgehead atoms. The third kappa shape index (κ3) is 4.37. The van der Waals surface area contributed by atoms with Crippen LogP contribution in [0.1, 0.15) is 51.0 Å². The van der Waals surface area contributed by atoms with Crippen molar-refractivity contribution in [2.24, 2.45) is 5.10 Å². The first kappa shape index (κ1) is 19.5. The predicted octanol–water partition coefficient (Wildman–Crippen LogP) is 2.27. The molecule has 0 saturated carbocycles. The van der Waals surface area contributed by atoms with Gasteiger partial charge in [0, 0.05) is 12.8 Å². The molecule has 1 saturated heterocycles. The molecular weight excluding hydrogens is 368 g/mol. The molecule has 0 aromatic heterocycles. The zero-order valence-corrected chi connectivity index (χ0v) is 16.4. The Balaban J connectivity index is 1.79. The summed E-state index contributed by atoms with van der Waals surface area (Å²) in [5, 5.41) is 5.33. The van der Waals surface area contributed by atoms with E-state index in [-0.39, 0.29) is 41.9 Å². The molecule has 1 fully saturated rings. The number of ether oxygens (including phenoxy) is 1. The summed E-state index contributed by atoms with van der Waals surface area (Å²) in [6, 6.07) is 6.88. The molecule has 27 heavy (non-hydrogen) atoms. The second kappa shape index (κ2) is 7.80. The lowest BCUT2D eigenvalue weighted by molar-refractivity contribution is -0.134. The number of nitrogens with zero attached hydrogens (tertiary/aromatic N) is 2. The molecule has 1 aromatic carbocycles. The molecule has 0 aliphatic carbocycles. The molecule has 146 valence electrons. The summed E-state index contributed by atoms with van der Waals surface area (Å²) >= 11 is 0. The first-order chi connectivity index (χ1) is 12.8. The van der Waals surface area contributed by atoms with Crippen molar-refractivity contribution in [2.75, 3.05) is 11.5 Å². The number of esters is 1.